The Morgan fingerprint density at radius 2 is 1.90 bits per heavy atom. The second kappa shape index (κ2) is 6.44. The summed E-state index contributed by atoms with van der Waals surface area (Å²) in [4.78, 5) is 0. The van der Waals surface area contributed by atoms with Crippen molar-refractivity contribution in [2.45, 2.75) is 45.1 Å². The first-order valence-electron chi connectivity index (χ1n) is 8.06. The Bertz CT molecular complexity index is 556. The van der Waals surface area contributed by atoms with Gasteiger partial charge >= 0.3 is 0 Å². The average molecular weight is 284 g/mol. The molecule has 1 aliphatic carbocycles. The molecule has 0 aliphatic heterocycles. The number of aliphatic hydroxyl groups is 1. The summed E-state index contributed by atoms with van der Waals surface area (Å²) >= 11 is 0. The third-order valence-electron chi connectivity index (χ3n) is 4.88. The molecular weight excluding hydrogens is 260 g/mol. The lowest BCUT2D eigenvalue weighted by Crippen LogP contribution is -2.20. The van der Waals surface area contributed by atoms with Crippen LogP contribution in [0.15, 0.2) is 42.7 Å². The Morgan fingerprint density at radius 3 is 2.57 bits per heavy atom. The van der Waals surface area contributed by atoms with Gasteiger partial charge in [-0.3, -0.25) is 0 Å². The largest absolute Gasteiger partial charge is 0.388 e. The maximum absolute atomic E-state index is 10.6. The lowest BCUT2D eigenvalue weighted by Gasteiger charge is -2.30. The first-order chi connectivity index (χ1) is 10.3. The molecule has 1 aromatic heterocycles. The highest BCUT2D eigenvalue weighted by Crippen LogP contribution is 2.37. The van der Waals surface area contributed by atoms with Gasteiger partial charge in [0, 0.05) is 11.8 Å². The number of hydrogen-bond acceptors (Lipinski definition) is 2. The van der Waals surface area contributed by atoms with E-state index in [-0.39, 0.29) is 6.10 Å². The molecule has 0 amide bonds. The van der Waals surface area contributed by atoms with Crippen molar-refractivity contribution in [2.75, 3.05) is 0 Å². The van der Waals surface area contributed by atoms with Crippen molar-refractivity contribution in [3.63, 3.8) is 0 Å². The summed E-state index contributed by atoms with van der Waals surface area (Å²) in [6.45, 7) is 2.27. The van der Waals surface area contributed by atoms with Gasteiger partial charge in [-0.25, -0.2) is 4.68 Å². The van der Waals surface area contributed by atoms with E-state index < -0.39 is 0 Å². The lowest BCUT2D eigenvalue weighted by atomic mass is 9.77. The fourth-order valence-electron chi connectivity index (χ4n) is 3.40. The molecule has 0 bridgehead atoms. The maximum Gasteiger partial charge on any atom is 0.0848 e. The molecule has 0 spiro atoms. The van der Waals surface area contributed by atoms with Crippen LogP contribution in [0.25, 0.3) is 5.69 Å². The molecule has 1 unspecified atom stereocenters. The van der Waals surface area contributed by atoms with Crippen LogP contribution in [0.3, 0.4) is 0 Å². The third kappa shape index (κ3) is 3.18. The zero-order valence-electron chi connectivity index (χ0n) is 12.7. The second-order valence-corrected chi connectivity index (χ2v) is 6.19. The molecule has 112 valence electrons. The van der Waals surface area contributed by atoms with Gasteiger partial charge in [0.2, 0.25) is 0 Å². The number of para-hydroxylation sites is 1. The van der Waals surface area contributed by atoms with Crippen molar-refractivity contribution >= 4 is 0 Å². The Morgan fingerprint density at radius 1 is 1.19 bits per heavy atom. The number of nitrogens with zero attached hydrogens (tertiary/aromatic N) is 2. The summed E-state index contributed by atoms with van der Waals surface area (Å²) in [7, 11) is 0. The Kier molecular flexibility index (Phi) is 4.39. The van der Waals surface area contributed by atoms with Crippen molar-refractivity contribution in [2.24, 2.45) is 11.8 Å². The Hall–Kier alpha value is -1.61. The van der Waals surface area contributed by atoms with Crippen molar-refractivity contribution < 1.29 is 5.11 Å². The van der Waals surface area contributed by atoms with E-state index in [1.807, 2.05) is 47.4 Å². The predicted octanol–water partition coefficient (Wildman–Crippen LogP) is 4.12. The maximum atomic E-state index is 10.6. The number of aromatic nitrogens is 2. The van der Waals surface area contributed by atoms with Crippen molar-refractivity contribution in [1.29, 1.82) is 0 Å². The molecule has 1 saturated carbocycles. The first-order valence-corrected chi connectivity index (χ1v) is 8.06. The highest BCUT2D eigenvalue weighted by molar-refractivity contribution is 5.31. The molecular formula is C18H24N2O. The molecule has 21 heavy (non-hydrogen) atoms. The smallest absolute Gasteiger partial charge is 0.0848 e. The fourth-order valence-corrected chi connectivity index (χ4v) is 3.40. The summed E-state index contributed by atoms with van der Waals surface area (Å²) < 4.78 is 1.84. The predicted molar refractivity (Wildman–Crippen MR) is 84.3 cm³/mol. The van der Waals surface area contributed by atoms with Gasteiger partial charge in [0.25, 0.3) is 0 Å². The molecule has 1 N–H and O–H groups in total. The van der Waals surface area contributed by atoms with E-state index in [1.54, 1.807) is 0 Å². The molecule has 0 radical (unpaired) electrons. The Labute approximate surface area is 126 Å². The summed E-state index contributed by atoms with van der Waals surface area (Å²) in [6.07, 6.45) is 9.45. The summed E-state index contributed by atoms with van der Waals surface area (Å²) in [6, 6.07) is 10.0. The highest BCUT2D eigenvalue weighted by Gasteiger charge is 2.27. The van der Waals surface area contributed by atoms with Gasteiger partial charge in [0.05, 0.1) is 18.0 Å². The van der Waals surface area contributed by atoms with Crippen molar-refractivity contribution in [3.05, 3.63) is 48.3 Å². The minimum Gasteiger partial charge on any atom is -0.388 e. The van der Waals surface area contributed by atoms with E-state index in [9.17, 15) is 5.11 Å². The first kappa shape index (κ1) is 14.3. The van der Waals surface area contributed by atoms with Gasteiger partial charge in [0.1, 0.15) is 0 Å². The normalized spacial score (nSPS) is 23.9. The lowest BCUT2D eigenvalue weighted by molar-refractivity contribution is 0.0729. The van der Waals surface area contributed by atoms with Crippen LogP contribution < -0.4 is 0 Å². The zero-order chi connectivity index (χ0) is 14.7. The SMILES string of the molecule is CCC1CCC(C(O)c2cnn(-c3ccccc3)c2)CC1. The van der Waals surface area contributed by atoms with Crippen LogP contribution in [-0.4, -0.2) is 14.9 Å². The van der Waals surface area contributed by atoms with Crippen LogP contribution in [-0.2, 0) is 0 Å². The van der Waals surface area contributed by atoms with Crippen LogP contribution in [0.2, 0.25) is 0 Å². The van der Waals surface area contributed by atoms with Crippen LogP contribution >= 0.6 is 0 Å². The molecule has 0 saturated heterocycles. The number of aliphatic hydroxyl groups excluding tert-OH is 1. The number of benzene rings is 1. The second-order valence-electron chi connectivity index (χ2n) is 6.19. The van der Waals surface area contributed by atoms with Gasteiger partial charge in [-0.2, -0.15) is 5.10 Å². The van der Waals surface area contributed by atoms with Gasteiger partial charge in [-0.05, 0) is 36.8 Å². The van der Waals surface area contributed by atoms with E-state index in [0.717, 1.165) is 30.0 Å². The average Bonchev–Trinajstić information content (AvgIpc) is 3.05. The molecule has 1 aliphatic rings. The van der Waals surface area contributed by atoms with Gasteiger partial charge < -0.3 is 5.11 Å². The minimum absolute atomic E-state index is 0.375. The topological polar surface area (TPSA) is 38.1 Å². The van der Waals surface area contributed by atoms with E-state index >= 15 is 0 Å². The molecule has 1 atom stereocenters. The van der Waals surface area contributed by atoms with Crippen LogP contribution in [0.5, 0.6) is 0 Å². The molecule has 1 fully saturated rings. The standard InChI is InChI=1S/C18H24N2O/c1-2-14-8-10-15(11-9-14)18(21)16-12-19-20(13-16)17-6-4-3-5-7-17/h3-7,12-15,18,21H,2,8-11H2,1H3. The molecule has 1 aromatic carbocycles. The third-order valence-corrected chi connectivity index (χ3v) is 4.88. The molecule has 3 heteroatoms. The quantitative estimate of drug-likeness (QED) is 0.917. The van der Waals surface area contributed by atoms with E-state index in [0.29, 0.717) is 5.92 Å². The van der Waals surface area contributed by atoms with Gasteiger partial charge in [0.15, 0.2) is 0 Å². The summed E-state index contributed by atoms with van der Waals surface area (Å²) in [5.74, 6) is 1.25. The van der Waals surface area contributed by atoms with Gasteiger partial charge in [-0.15, -0.1) is 0 Å². The minimum atomic E-state index is -0.375. The monoisotopic (exact) mass is 284 g/mol. The van der Waals surface area contributed by atoms with Crippen molar-refractivity contribution in [3.8, 4) is 5.69 Å². The highest BCUT2D eigenvalue weighted by atomic mass is 16.3. The molecule has 3 nitrogen and oxygen atoms in total. The molecule has 2 aromatic rings. The van der Waals surface area contributed by atoms with Crippen LogP contribution in [0, 0.1) is 11.8 Å². The van der Waals surface area contributed by atoms with E-state index in [2.05, 4.69) is 12.0 Å². The molecule has 1 heterocycles. The zero-order valence-corrected chi connectivity index (χ0v) is 12.7. The molecule has 3 rings (SSSR count). The number of hydrogen-bond donors (Lipinski definition) is 1. The van der Waals surface area contributed by atoms with E-state index in [4.69, 9.17) is 0 Å². The van der Waals surface area contributed by atoms with Gasteiger partial charge in [-0.1, -0.05) is 44.4 Å². The summed E-state index contributed by atoms with van der Waals surface area (Å²) in [5, 5.41) is 15.0. The van der Waals surface area contributed by atoms with Crippen LogP contribution in [0.4, 0.5) is 0 Å². The van der Waals surface area contributed by atoms with Crippen molar-refractivity contribution in [1.82, 2.24) is 9.78 Å². The Balaban J connectivity index is 1.69. The summed E-state index contributed by atoms with van der Waals surface area (Å²) in [5.41, 5.74) is 1.98. The van der Waals surface area contributed by atoms with E-state index in [1.165, 1.54) is 19.3 Å². The van der Waals surface area contributed by atoms with Crippen LogP contribution in [0.1, 0.15) is 50.7 Å². The number of rotatable bonds is 4. The fraction of sp³-hybridized carbons (Fsp3) is 0.500.